The topological polar surface area (TPSA) is 37.4 Å². The molecule has 0 saturated heterocycles. The molecule has 0 fully saturated rings. The van der Waals surface area contributed by atoms with Crippen LogP contribution in [0.25, 0.3) is 0 Å². The number of rotatable bonds is 1. The molecule has 22 heavy (non-hydrogen) atoms. The number of benzene rings is 2. The maximum atomic E-state index is 13.0. The highest BCUT2D eigenvalue weighted by atomic mass is 79.9. The summed E-state index contributed by atoms with van der Waals surface area (Å²) in [6.45, 7) is 0. The molecule has 0 aliphatic carbocycles. The van der Waals surface area contributed by atoms with E-state index in [4.69, 9.17) is 0 Å². The van der Waals surface area contributed by atoms with Gasteiger partial charge in [-0.05, 0) is 88.0 Å². The highest BCUT2D eigenvalue weighted by Crippen LogP contribution is 2.46. The van der Waals surface area contributed by atoms with Crippen LogP contribution in [0.4, 0.5) is 10.1 Å². The molecule has 3 nitrogen and oxygen atoms in total. The Morgan fingerprint density at radius 3 is 1.55 bits per heavy atom. The van der Waals surface area contributed by atoms with Gasteiger partial charge in [-0.1, -0.05) is 0 Å². The van der Waals surface area contributed by atoms with Gasteiger partial charge in [-0.3, -0.25) is 9.59 Å². The van der Waals surface area contributed by atoms with E-state index in [9.17, 15) is 14.0 Å². The van der Waals surface area contributed by atoms with Gasteiger partial charge >= 0.3 is 0 Å². The standard InChI is InChI=1S/C14H4Br4FNO2/c15-9-7-8(10(16)12(18)11(9)17)14(22)20(13(7)21)6-3-1-5(19)2-4-6/h1-4H. The zero-order chi connectivity index (χ0) is 16.2. The first kappa shape index (κ1) is 16.3. The molecule has 2 aromatic carbocycles. The van der Waals surface area contributed by atoms with Gasteiger partial charge in [0.2, 0.25) is 0 Å². The van der Waals surface area contributed by atoms with E-state index < -0.39 is 17.6 Å². The third-order valence-electron chi connectivity index (χ3n) is 3.19. The van der Waals surface area contributed by atoms with Crippen LogP contribution in [0.15, 0.2) is 42.2 Å². The lowest BCUT2D eigenvalue weighted by molar-refractivity contribution is 0.0925. The van der Waals surface area contributed by atoms with Crippen LogP contribution in [0.3, 0.4) is 0 Å². The van der Waals surface area contributed by atoms with Gasteiger partial charge in [-0.25, -0.2) is 9.29 Å². The molecule has 2 aromatic rings. The fourth-order valence-electron chi connectivity index (χ4n) is 2.17. The van der Waals surface area contributed by atoms with Crippen molar-refractivity contribution in [3.05, 3.63) is 59.1 Å². The van der Waals surface area contributed by atoms with Gasteiger partial charge < -0.3 is 0 Å². The summed E-state index contributed by atoms with van der Waals surface area (Å²) >= 11 is 13.4. The van der Waals surface area contributed by atoms with E-state index in [1.54, 1.807) is 0 Å². The lowest BCUT2D eigenvalue weighted by Crippen LogP contribution is -2.29. The number of carbonyl (C=O) groups excluding carboxylic acids is 2. The van der Waals surface area contributed by atoms with Crippen LogP contribution >= 0.6 is 63.7 Å². The maximum Gasteiger partial charge on any atom is 0.267 e. The SMILES string of the molecule is O=C1c2c(Br)c(Br)c(Br)c(Br)c2C(=O)N1c1ccc(F)cc1. The number of hydrogen-bond acceptors (Lipinski definition) is 2. The summed E-state index contributed by atoms with van der Waals surface area (Å²) in [5.74, 6) is -1.37. The Morgan fingerprint density at radius 2 is 1.14 bits per heavy atom. The normalized spacial score (nSPS) is 13.8. The predicted molar refractivity (Wildman–Crippen MR) is 94.8 cm³/mol. The number of imide groups is 1. The summed E-state index contributed by atoms with van der Waals surface area (Å²) < 4.78 is 15.3. The van der Waals surface area contributed by atoms with Gasteiger partial charge in [0.05, 0.1) is 16.8 Å². The van der Waals surface area contributed by atoms with Crippen molar-refractivity contribution in [3.63, 3.8) is 0 Å². The Kier molecular flexibility index (Phi) is 4.30. The summed E-state index contributed by atoms with van der Waals surface area (Å²) in [5, 5.41) is 0. The Balaban J connectivity index is 2.23. The molecule has 0 atom stereocenters. The van der Waals surface area contributed by atoms with Crippen molar-refractivity contribution in [2.45, 2.75) is 0 Å². The molecule has 0 aromatic heterocycles. The number of nitrogens with zero attached hydrogens (tertiary/aromatic N) is 1. The summed E-state index contributed by atoms with van der Waals surface area (Å²) in [6, 6.07) is 5.19. The molecular formula is C14H4Br4FNO2. The van der Waals surface area contributed by atoms with Crippen LogP contribution in [-0.2, 0) is 0 Å². The number of anilines is 1. The number of carbonyl (C=O) groups is 2. The van der Waals surface area contributed by atoms with Crippen molar-refractivity contribution in [1.82, 2.24) is 0 Å². The molecule has 3 rings (SSSR count). The summed E-state index contributed by atoms with van der Waals surface area (Å²) in [7, 11) is 0. The van der Waals surface area contributed by atoms with Crippen molar-refractivity contribution < 1.29 is 14.0 Å². The first-order chi connectivity index (χ1) is 10.3. The molecule has 1 aliphatic rings. The summed E-state index contributed by atoms with van der Waals surface area (Å²) in [6.07, 6.45) is 0. The van der Waals surface area contributed by atoms with Crippen LogP contribution < -0.4 is 4.90 Å². The van der Waals surface area contributed by atoms with Crippen LogP contribution in [0.5, 0.6) is 0 Å². The van der Waals surface area contributed by atoms with Gasteiger partial charge in [-0.2, -0.15) is 0 Å². The third kappa shape index (κ3) is 2.31. The maximum absolute atomic E-state index is 13.0. The van der Waals surface area contributed by atoms with Crippen LogP contribution in [-0.4, -0.2) is 11.8 Å². The quantitative estimate of drug-likeness (QED) is 0.258. The van der Waals surface area contributed by atoms with Crippen LogP contribution in [0.1, 0.15) is 20.7 Å². The molecule has 2 amide bonds. The van der Waals surface area contributed by atoms with E-state index in [1.165, 1.54) is 24.3 Å². The molecule has 1 aliphatic heterocycles. The first-order valence-corrected chi connectivity index (χ1v) is 9.02. The van der Waals surface area contributed by atoms with E-state index in [1.807, 2.05) is 0 Å². The van der Waals surface area contributed by atoms with E-state index in [0.29, 0.717) is 23.6 Å². The van der Waals surface area contributed by atoms with Gasteiger partial charge in [0.25, 0.3) is 11.8 Å². The first-order valence-electron chi connectivity index (χ1n) is 5.85. The molecule has 0 bridgehead atoms. The minimum absolute atomic E-state index is 0.260. The Hall–Kier alpha value is -0.570. The van der Waals surface area contributed by atoms with Gasteiger partial charge in [0, 0.05) is 17.9 Å². The lowest BCUT2D eigenvalue weighted by Gasteiger charge is -2.13. The van der Waals surface area contributed by atoms with Gasteiger partial charge in [0.1, 0.15) is 5.82 Å². The second-order valence-electron chi connectivity index (χ2n) is 4.43. The second kappa shape index (κ2) is 5.81. The molecule has 0 saturated carbocycles. The summed E-state index contributed by atoms with van der Waals surface area (Å²) in [4.78, 5) is 26.3. The van der Waals surface area contributed by atoms with Crippen LogP contribution in [0.2, 0.25) is 0 Å². The molecule has 1 heterocycles. The monoisotopic (exact) mass is 553 g/mol. The molecule has 112 valence electrons. The summed E-state index contributed by atoms with van der Waals surface area (Å²) in [5.41, 5.74) is 0.839. The van der Waals surface area contributed by atoms with Crippen molar-refractivity contribution in [2.75, 3.05) is 4.90 Å². The van der Waals surface area contributed by atoms with Gasteiger partial charge in [-0.15, -0.1) is 0 Å². The van der Waals surface area contributed by atoms with E-state index in [2.05, 4.69) is 63.7 Å². The van der Waals surface area contributed by atoms with Crippen LogP contribution in [0, 0.1) is 5.82 Å². The number of hydrogen-bond donors (Lipinski definition) is 0. The second-order valence-corrected chi connectivity index (χ2v) is 7.60. The fourth-order valence-corrected chi connectivity index (χ4v) is 4.63. The van der Waals surface area contributed by atoms with Crippen molar-refractivity contribution in [2.24, 2.45) is 0 Å². The Morgan fingerprint density at radius 1 is 0.727 bits per heavy atom. The average molecular weight is 557 g/mol. The number of halogens is 5. The highest BCUT2D eigenvalue weighted by molar-refractivity contribution is 9.15. The zero-order valence-electron chi connectivity index (χ0n) is 10.5. The third-order valence-corrected chi connectivity index (χ3v) is 7.95. The molecule has 0 unspecified atom stereocenters. The number of amides is 2. The van der Waals surface area contributed by atoms with Gasteiger partial charge in [0.15, 0.2) is 0 Å². The van der Waals surface area contributed by atoms with E-state index in [-0.39, 0.29) is 11.1 Å². The fraction of sp³-hybridized carbons (Fsp3) is 0. The minimum Gasteiger partial charge on any atom is -0.268 e. The van der Waals surface area contributed by atoms with E-state index >= 15 is 0 Å². The molecule has 0 N–H and O–H groups in total. The predicted octanol–water partition coefficient (Wildman–Crippen LogP) is 5.68. The van der Waals surface area contributed by atoms with Crippen molar-refractivity contribution >= 4 is 81.2 Å². The lowest BCUT2D eigenvalue weighted by atomic mass is 10.1. The molecule has 0 radical (unpaired) electrons. The number of fused-ring (bicyclic) bond motifs is 1. The Labute approximate surface area is 158 Å². The molecule has 8 heteroatoms. The largest absolute Gasteiger partial charge is 0.268 e. The van der Waals surface area contributed by atoms with Crippen molar-refractivity contribution in [1.29, 1.82) is 0 Å². The van der Waals surface area contributed by atoms with E-state index in [0.717, 1.165) is 4.90 Å². The average Bonchev–Trinajstić information content (AvgIpc) is 2.75. The van der Waals surface area contributed by atoms with Crippen molar-refractivity contribution in [3.8, 4) is 0 Å². The highest BCUT2D eigenvalue weighted by Gasteiger charge is 2.41. The Bertz CT molecular complexity index is 789. The minimum atomic E-state index is -0.465. The molecular weight excluding hydrogens is 553 g/mol. The smallest absolute Gasteiger partial charge is 0.267 e. The molecule has 0 spiro atoms. The zero-order valence-corrected chi connectivity index (χ0v) is 16.8.